The number of aliphatic hydroxyl groups is 1. The SMILES string of the molecule is CC/C=C\C/C=C\C/C=C\C/C=C\C(CCCCCC(=O)NCC(=O)NC(CO)C(=O)O)OC(=O)CCCCCCCCCCCCCCCCCCCCC. The van der Waals surface area contributed by atoms with Crippen LogP contribution in [0.1, 0.15) is 200 Å². The minimum Gasteiger partial charge on any atom is -0.480 e. The van der Waals surface area contributed by atoms with Crippen molar-refractivity contribution in [2.75, 3.05) is 13.2 Å². The molecule has 0 spiro atoms. The number of aliphatic hydroxyl groups excluding tert-OH is 1. The number of allylic oxidation sites excluding steroid dienone is 7. The highest BCUT2D eigenvalue weighted by molar-refractivity contribution is 5.87. The van der Waals surface area contributed by atoms with Crippen LogP contribution in [0.5, 0.6) is 0 Å². The monoisotopic (exact) mass is 787 g/mol. The van der Waals surface area contributed by atoms with Crippen LogP contribution in [0, 0.1) is 0 Å². The summed E-state index contributed by atoms with van der Waals surface area (Å²) in [6, 6.07) is -1.40. The number of carboxylic acids is 1. The number of carboxylic acid groups (broad SMARTS) is 1. The average molecular weight is 787 g/mol. The molecule has 0 saturated carbocycles. The van der Waals surface area contributed by atoms with Crippen LogP contribution >= 0.6 is 0 Å². The van der Waals surface area contributed by atoms with Crippen molar-refractivity contribution in [2.24, 2.45) is 0 Å². The third-order valence-electron chi connectivity index (χ3n) is 9.82. The van der Waals surface area contributed by atoms with E-state index in [2.05, 4.69) is 60.9 Å². The summed E-state index contributed by atoms with van der Waals surface area (Å²) in [5.41, 5.74) is 0. The Hall–Kier alpha value is -3.20. The fourth-order valence-corrected chi connectivity index (χ4v) is 6.39. The smallest absolute Gasteiger partial charge is 0.328 e. The third kappa shape index (κ3) is 37.7. The van der Waals surface area contributed by atoms with Crippen molar-refractivity contribution in [2.45, 2.75) is 212 Å². The minimum absolute atomic E-state index is 0.159. The number of hydrogen-bond donors (Lipinski definition) is 4. The lowest BCUT2D eigenvalue weighted by atomic mass is 10.0. The van der Waals surface area contributed by atoms with Crippen molar-refractivity contribution >= 4 is 23.8 Å². The first-order valence-electron chi connectivity index (χ1n) is 22.5. The van der Waals surface area contributed by atoms with E-state index in [1.807, 2.05) is 12.2 Å². The summed E-state index contributed by atoms with van der Waals surface area (Å²) in [6.07, 6.45) is 48.8. The molecule has 0 bridgehead atoms. The van der Waals surface area contributed by atoms with E-state index >= 15 is 0 Å². The van der Waals surface area contributed by atoms with E-state index in [0.717, 1.165) is 57.8 Å². The molecule has 9 nitrogen and oxygen atoms in total. The Bertz CT molecular complexity index is 1080. The second-order valence-corrected chi connectivity index (χ2v) is 15.1. The van der Waals surface area contributed by atoms with Crippen molar-refractivity contribution < 1.29 is 34.1 Å². The van der Waals surface area contributed by atoms with Gasteiger partial charge in [0, 0.05) is 12.8 Å². The molecule has 0 aliphatic carbocycles. The zero-order valence-corrected chi connectivity index (χ0v) is 35.6. The highest BCUT2D eigenvalue weighted by Gasteiger charge is 2.19. The topological polar surface area (TPSA) is 142 Å². The van der Waals surface area contributed by atoms with E-state index in [-0.39, 0.29) is 30.9 Å². The summed E-state index contributed by atoms with van der Waals surface area (Å²) in [7, 11) is 0. The summed E-state index contributed by atoms with van der Waals surface area (Å²) in [5, 5.41) is 22.6. The van der Waals surface area contributed by atoms with Gasteiger partial charge in [-0.1, -0.05) is 178 Å². The molecule has 322 valence electrons. The number of hydrogen-bond acceptors (Lipinski definition) is 6. The van der Waals surface area contributed by atoms with Gasteiger partial charge < -0.3 is 25.6 Å². The predicted octanol–water partition coefficient (Wildman–Crippen LogP) is 11.2. The number of ether oxygens (including phenoxy) is 1. The number of carbonyl (C=O) groups excluding carboxylic acids is 3. The summed E-state index contributed by atoms with van der Waals surface area (Å²) < 4.78 is 5.88. The lowest BCUT2D eigenvalue weighted by molar-refractivity contribution is -0.147. The van der Waals surface area contributed by atoms with Gasteiger partial charge in [0.05, 0.1) is 13.2 Å². The molecule has 2 amide bonds. The number of unbranched alkanes of at least 4 members (excludes halogenated alkanes) is 20. The number of amides is 2. The van der Waals surface area contributed by atoms with Gasteiger partial charge in [0.25, 0.3) is 0 Å². The van der Waals surface area contributed by atoms with E-state index in [4.69, 9.17) is 14.9 Å². The number of rotatable bonds is 40. The molecule has 0 heterocycles. The van der Waals surface area contributed by atoms with E-state index in [0.29, 0.717) is 19.3 Å². The summed E-state index contributed by atoms with van der Waals surface area (Å²) >= 11 is 0. The van der Waals surface area contributed by atoms with Crippen molar-refractivity contribution in [1.29, 1.82) is 0 Å². The molecule has 0 aromatic rings. The fraction of sp³-hybridized carbons (Fsp3) is 0.745. The maximum atomic E-state index is 12.8. The highest BCUT2D eigenvalue weighted by Crippen LogP contribution is 2.16. The van der Waals surface area contributed by atoms with Crippen molar-refractivity contribution in [3.63, 3.8) is 0 Å². The molecule has 0 fully saturated rings. The normalized spacial score (nSPS) is 12.9. The third-order valence-corrected chi connectivity index (χ3v) is 9.82. The molecular formula is C47H82N2O7. The molecule has 0 aliphatic rings. The van der Waals surface area contributed by atoms with Gasteiger partial charge in [-0.2, -0.15) is 0 Å². The lowest BCUT2D eigenvalue weighted by Gasteiger charge is -2.15. The second kappa shape index (κ2) is 41.4. The van der Waals surface area contributed by atoms with Crippen LogP contribution in [-0.4, -0.2) is 59.3 Å². The van der Waals surface area contributed by atoms with Gasteiger partial charge in [-0.15, -0.1) is 0 Å². The van der Waals surface area contributed by atoms with Gasteiger partial charge in [-0.05, 0) is 57.4 Å². The zero-order chi connectivity index (χ0) is 41.2. The van der Waals surface area contributed by atoms with Crippen LogP contribution in [0.2, 0.25) is 0 Å². The fourth-order valence-electron chi connectivity index (χ4n) is 6.39. The van der Waals surface area contributed by atoms with Crippen molar-refractivity contribution in [3.05, 3.63) is 48.6 Å². The van der Waals surface area contributed by atoms with Crippen molar-refractivity contribution in [1.82, 2.24) is 10.6 Å². The Labute approximate surface area is 341 Å². The van der Waals surface area contributed by atoms with Crippen LogP contribution in [0.15, 0.2) is 48.6 Å². The molecule has 2 atom stereocenters. The largest absolute Gasteiger partial charge is 0.480 e. The van der Waals surface area contributed by atoms with Crippen LogP contribution in [0.25, 0.3) is 0 Å². The first-order chi connectivity index (χ1) is 27.3. The molecule has 0 aliphatic heterocycles. The van der Waals surface area contributed by atoms with Gasteiger partial charge in [0.1, 0.15) is 12.1 Å². The summed E-state index contributed by atoms with van der Waals surface area (Å²) in [6.45, 7) is 3.32. The predicted molar refractivity (Wildman–Crippen MR) is 231 cm³/mol. The van der Waals surface area contributed by atoms with E-state index in [1.165, 1.54) is 103 Å². The highest BCUT2D eigenvalue weighted by atomic mass is 16.5. The van der Waals surface area contributed by atoms with Gasteiger partial charge in [0.2, 0.25) is 11.8 Å². The Morgan fingerprint density at radius 2 is 1.00 bits per heavy atom. The Morgan fingerprint density at radius 3 is 1.48 bits per heavy atom. The molecule has 0 radical (unpaired) electrons. The van der Waals surface area contributed by atoms with Crippen LogP contribution in [0.4, 0.5) is 0 Å². The summed E-state index contributed by atoms with van der Waals surface area (Å²) in [5.74, 6) is -2.49. The van der Waals surface area contributed by atoms with E-state index in [1.54, 1.807) is 0 Å². The zero-order valence-electron chi connectivity index (χ0n) is 35.6. The molecule has 0 aromatic carbocycles. The maximum absolute atomic E-state index is 12.8. The molecule has 0 aromatic heterocycles. The van der Waals surface area contributed by atoms with Crippen LogP contribution in [-0.2, 0) is 23.9 Å². The minimum atomic E-state index is -1.40. The van der Waals surface area contributed by atoms with Gasteiger partial charge in [-0.3, -0.25) is 14.4 Å². The first kappa shape index (κ1) is 52.8. The van der Waals surface area contributed by atoms with Crippen molar-refractivity contribution in [3.8, 4) is 0 Å². The Balaban J connectivity index is 4.33. The molecule has 9 heteroatoms. The molecule has 0 saturated heterocycles. The molecule has 4 N–H and O–H groups in total. The van der Waals surface area contributed by atoms with E-state index < -0.39 is 24.5 Å². The standard InChI is InChI=1S/C47H82N2O7/c1-3-5-7-9-11-13-15-16-17-18-19-20-21-22-24-26-28-30-35-39-46(53)56-42(36-32-29-27-25-23-14-12-10-8-6-4-2)37-33-31-34-38-44(51)48-40-45(52)49-43(41-50)47(54)55/h6,8,12,14,25,27,32,36,42-43,50H,3-5,7,9-11,13,15-24,26,28-31,33-35,37-41H2,1-2H3,(H,48,51)(H,49,52)(H,54,55)/b8-6-,14-12-,27-25-,36-32-. The van der Waals surface area contributed by atoms with Gasteiger partial charge in [-0.25, -0.2) is 4.79 Å². The molecular weight excluding hydrogens is 705 g/mol. The summed E-state index contributed by atoms with van der Waals surface area (Å²) in [4.78, 5) is 47.7. The number of esters is 1. The number of aliphatic carboxylic acids is 1. The van der Waals surface area contributed by atoms with Gasteiger partial charge in [0.15, 0.2) is 0 Å². The number of carbonyl (C=O) groups is 4. The Morgan fingerprint density at radius 1 is 0.554 bits per heavy atom. The van der Waals surface area contributed by atoms with Crippen LogP contribution in [0.3, 0.4) is 0 Å². The Kier molecular flexibility index (Phi) is 39.1. The maximum Gasteiger partial charge on any atom is 0.328 e. The lowest BCUT2D eigenvalue weighted by Crippen LogP contribution is -2.47. The first-order valence-corrected chi connectivity index (χ1v) is 22.5. The van der Waals surface area contributed by atoms with E-state index in [9.17, 15) is 19.2 Å². The molecule has 0 rings (SSSR count). The average Bonchev–Trinajstić information content (AvgIpc) is 3.18. The second-order valence-electron chi connectivity index (χ2n) is 15.1. The number of nitrogens with one attached hydrogen (secondary N) is 2. The quantitative estimate of drug-likeness (QED) is 0.0275. The van der Waals surface area contributed by atoms with Gasteiger partial charge >= 0.3 is 11.9 Å². The molecule has 2 unspecified atom stereocenters. The van der Waals surface area contributed by atoms with Crippen LogP contribution < -0.4 is 10.6 Å². The molecule has 56 heavy (non-hydrogen) atoms.